The summed E-state index contributed by atoms with van der Waals surface area (Å²) in [5.41, 5.74) is 0. The molecule has 0 saturated heterocycles. The van der Waals surface area contributed by atoms with Gasteiger partial charge in [0, 0.05) is 6.08 Å². The zero-order valence-electron chi connectivity index (χ0n) is 11.1. The fourth-order valence-corrected chi connectivity index (χ4v) is 1.83. The van der Waals surface area contributed by atoms with E-state index in [9.17, 15) is 4.79 Å². The fourth-order valence-electron chi connectivity index (χ4n) is 1.83. The van der Waals surface area contributed by atoms with Crippen molar-refractivity contribution < 1.29 is 19.4 Å². The van der Waals surface area contributed by atoms with Crippen LogP contribution in [0.4, 0.5) is 0 Å². The number of ether oxygens (including phenoxy) is 2. The van der Waals surface area contributed by atoms with E-state index in [1.807, 2.05) is 6.08 Å². The highest BCUT2D eigenvalue weighted by molar-refractivity contribution is 5.72. The summed E-state index contributed by atoms with van der Waals surface area (Å²) >= 11 is 0. The first-order valence-corrected chi connectivity index (χ1v) is 6.52. The molecule has 102 valence electrons. The second-order valence-electron chi connectivity index (χ2n) is 4.65. The van der Waals surface area contributed by atoms with Gasteiger partial charge in [-0.15, -0.1) is 0 Å². The maximum atomic E-state index is 11.2. The molecule has 1 N–H and O–H groups in total. The van der Waals surface area contributed by atoms with Crippen molar-refractivity contribution in [3.63, 3.8) is 0 Å². The molecule has 0 aromatic carbocycles. The van der Waals surface area contributed by atoms with Crippen molar-refractivity contribution in [1.82, 2.24) is 0 Å². The summed E-state index contributed by atoms with van der Waals surface area (Å²) in [7, 11) is 0. The molecule has 0 aromatic heterocycles. The summed E-state index contributed by atoms with van der Waals surface area (Å²) in [5.74, 6) is -0.296. The second-order valence-corrected chi connectivity index (χ2v) is 4.65. The third-order valence-electron chi connectivity index (χ3n) is 2.89. The van der Waals surface area contributed by atoms with Gasteiger partial charge in [0.25, 0.3) is 5.95 Å². The number of hydrogen-bond donors (Lipinski definition) is 1. The van der Waals surface area contributed by atoms with Crippen LogP contribution in [0.15, 0.2) is 24.2 Å². The summed E-state index contributed by atoms with van der Waals surface area (Å²) in [4.78, 5) is 11.2. The Balaban J connectivity index is 2.46. The molecule has 0 bridgehead atoms. The van der Waals surface area contributed by atoms with Gasteiger partial charge in [0.2, 0.25) is 0 Å². The van der Waals surface area contributed by atoms with Crippen molar-refractivity contribution in [1.29, 1.82) is 0 Å². The van der Waals surface area contributed by atoms with Gasteiger partial charge < -0.3 is 14.6 Å². The summed E-state index contributed by atoms with van der Waals surface area (Å²) in [5, 5.41) is 9.15. The monoisotopic (exact) mass is 254 g/mol. The van der Waals surface area contributed by atoms with Crippen molar-refractivity contribution in [2.24, 2.45) is 5.92 Å². The number of hydrogen-bond acceptors (Lipinski definition) is 3. The SMILES string of the molecule is CCCC[C@H](C)CC(OC1=CC=CCO1)C(=O)O. The average molecular weight is 254 g/mol. The molecule has 1 rings (SSSR count). The standard InChI is InChI=1S/C14H22O4/c1-3-4-7-11(2)10-12(14(15)16)18-13-8-5-6-9-17-13/h5-6,8,11-12H,3-4,7,9-10H2,1-2H3,(H,15,16)/t11-,12?/m0/s1. The highest BCUT2D eigenvalue weighted by Crippen LogP contribution is 2.19. The maximum Gasteiger partial charge on any atom is 0.345 e. The summed E-state index contributed by atoms with van der Waals surface area (Å²) < 4.78 is 10.6. The van der Waals surface area contributed by atoms with Crippen LogP contribution in [-0.2, 0) is 14.3 Å². The average Bonchev–Trinajstić information content (AvgIpc) is 2.36. The van der Waals surface area contributed by atoms with Gasteiger partial charge in [-0.05, 0) is 18.4 Å². The number of rotatable bonds is 8. The Morgan fingerprint density at radius 3 is 2.94 bits per heavy atom. The van der Waals surface area contributed by atoms with Crippen LogP contribution in [0.3, 0.4) is 0 Å². The molecule has 0 spiro atoms. The van der Waals surface area contributed by atoms with E-state index in [2.05, 4.69) is 13.8 Å². The van der Waals surface area contributed by atoms with Gasteiger partial charge in [0.1, 0.15) is 6.61 Å². The van der Waals surface area contributed by atoms with Gasteiger partial charge in [0.15, 0.2) is 6.10 Å². The maximum absolute atomic E-state index is 11.2. The summed E-state index contributed by atoms with van der Waals surface area (Å²) in [6.07, 6.45) is 8.26. The predicted octanol–water partition coefficient (Wildman–Crippen LogP) is 3.10. The minimum Gasteiger partial charge on any atom is -0.479 e. The predicted molar refractivity (Wildman–Crippen MR) is 69.0 cm³/mol. The van der Waals surface area contributed by atoms with Crippen molar-refractivity contribution in [3.05, 3.63) is 24.2 Å². The first-order valence-electron chi connectivity index (χ1n) is 6.52. The Hall–Kier alpha value is -1.45. The van der Waals surface area contributed by atoms with E-state index < -0.39 is 12.1 Å². The third-order valence-corrected chi connectivity index (χ3v) is 2.89. The normalized spacial score (nSPS) is 17.6. The highest BCUT2D eigenvalue weighted by Gasteiger charge is 2.23. The molecule has 1 heterocycles. The van der Waals surface area contributed by atoms with E-state index in [4.69, 9.17) is 14.6 Å². The van der Waals surface area contributed by atoms with Crippen molar-refractivity contribution in [2.45, 2.75) is 45.6 Å². The smallest absolute Gasteiger partial charge is 0.345 e. The lowest BCUT2D eigenvalue weighted by Crippen LogP contribution is -2.27. The van der Waals surface area contributed by atoms with Crippen LogP contribution in [0, 0.1) is 5.92 Å². The lowest BCUT2D eigenvalue weighted by atomic mass is 9.97. The number of allylic oxidation sites excluding steroid dienone is 2. The lowest BCUT2D eigenvalue weighted by Gasteiger charge is -2.21. The van der Waals surface area contributed by atoms with Crippen LogP contribution >= 0.6 is 0 Å². The van der Waals surface area contributed by atoms with Gasteiger partial charge in [0.05, 0.1) is 0 Å². The van der Waals surface area contributed by atoms with Crippen LogP contribution in [0.25, 0.3) is 0 Å². The molecular weight excluding hydrogens is 232 g/mol. The third kappa shape index (κ3) is 5.25. The molecule has 1 aliphatic heterocycles. The first-order chi connectivity index (χ1) is 8.63. The molecule has 1 aliphatic rings. The zero-order chi connectivity index (χ0) is 13.4. The molecule has 0 aliphatic carbocycles. The second kappa shape index (κ2) is 7.80. The quantitative estimate of drug-likeness (QED) is 0.723. The van der Waals surface area contributed by atoms with E-state index >= 15 is 0 Å². The minimum atomic E-state index is -0.933. The Labute approximate surface area is 108 Å². The Morgan fingerprint density at radius 2 is 2.39 bits per heavy atom. The van der Waals surface area contributed by atoms with E-state index in [1.165, 1.54) is 0 Å². The largest absolute Gasteiger partial charge is 0.479 e. The van der Waals surface area contributed by atoms with E-state index in [0.717, 1.165) is 19.3 Å². The number of unbranched alkanes of at least 4 members (excludes halogenated alkanes) is 1. The van der Waals surface area contributed by atoms with Crippen LogP contribution in [-0.4, -0.2) is 23.8 Å². The molecular formula is C14H22O4. The van der Waals surface area contributed by atoms with Crippen molar-refractivity contribution in [2.75, 3.05) is 6.61 Å². The van der Waals surface area contributed by atoms with Crippen molar-refractivity contribution >= 4 is 5.97 Å². The van der Waals surface area contributed by atoms with Gasteiger partial charge >= 0.3 is 5.97 Å². The highest BCUT2D eigenvalue weighted by atomic mass is 16.7. The van der Waals surface area contributed by atoms with Crippen LogP contribution in [0.5, 0.6) is 0 Å². The number of aliphatic carboxylic acids is 1. The van der Waals surface area contributed by atoms with Crippen molar-refractivity contribution in [3.8, 4) is 0 Å². The number of carboxylic acid groups (broad SMARTS) is 1. The Morgan fingerprint density at radius 1 is 1.61 bits per heavy atom. The number of carbonyl (C=O) groups is 1. The van der Waals surface area contributed by atoms with Gasteiger partial charge in [-0.2, -0.15) is 0 Å². The molecule has 0 radical (unpaired) electrons. The molecule has 18 heavy (non-hydrogen) atoms. The summed E-state index contributed by atoms with van der Waals surface area (Å²) in [6.45, 7) is 4.62. The molecule has 1 unspecified atom stereocenters. The number of carboxylic acids is 1. The topological polar surface area (TPSA) is 55.8 Å². The molecule has 0 amide bonds. The zero-order valence-corrected chi connectivity index (χ0v) is 11.1. The molecule has 0 aromatic rings. The first kappa shape index (κ1) is 14.6. The van der Waals surface area contributed by atoms with E-state index in [-0.39, 0.29) is 0 Å². The molecule has 4 nitrogen and oxygen atoms in total. The molecule has 2 atom stereocenters. The molecule has 0 fully saturated rings. The van der Waals surface area contributed by atoms with Crippen LogP contribution in [0.2, 0.25) is 0 Å². The Kier molecular flexibility index (Phi) is 6.33. The van der Waals surface area contributed by atoms with Gasteiger partial charge in [-0.3, -0.25) is 0 Å². The van der Waals surface area contributed by atoms with E-state index in [0.29, 0.717) is 24.9 Å². The van der Waals surface area contributed by atoms with E-state index in [1.54, 1.807) is 12.2 Å². The van der Waals surface area contributed by atoms with Crippen LogP contribution in [0.1, 0.15) is 39.5 Å². The lowest BCUT2D eigenvalue weighted by molar-refractivity contribution is -0.152. The van der Waals surface area contributed by atoms with Gasteiger partial charge in [-0.1, -0.05) is 39.2 Å². The summed E-state index contributed by atoms with van der Waals surface area (Å²) in [6, 6.07) is 0. The Bertz CT molecular complexity index is 320. The molecule has 4 heteroatoms. The molecule has 0 saturated carbocycles. The minimum absolute atomic E-state index is 0.299. The fraction of sp³-hybridized carbons (Fsp3) is 0.643. The van der Waals surface area contributed by atoms with Crippen LogP contribution < -0.4 is 0 Å². The van der Waals surface area contributed by atoms with Gasteiger partial charge in [-0.25, -0.2) is 4.79 Å².